The van der Waals surface area contributed by atoms with Gasteiger partial charge in [0.2, 0.25) is 0 Å². The minimum absolute atomic E-state index is 0.324. The fourth-order valence-electron chi connectivity index (χ4n) is 1.12. The SMILES string of the molecule is Cc1cc(C2CC2N)no1. The molecule has 0 aromatic carbocycles. The minimum Gasteiger partial charge on any atom is -0.361 e. The van der Waals surface area contributed by atoms with Crippen molar-refractivity contribution < 1.29 is 4.52 Å². The molecule has 0 saturated heterocycles. The molecule has 1 aromatic heterocycles. The van der Waals surface area contributed by atoms with Crippen LogP contribution in [0.15, 0.2) is 10.6 Å². The summed E-state index contributed by atoms with van der Waals surface area (Å²) in [4.78, 5) is 0. The number of aromatic nitrogens is 1. The van der Waals surface area contributed by atoms with Crippen LogP contribution in [0, 0.1) is 6.92 Å². The molecule has 0 aliphatic heterocycles. The Morgan fingerprint density at radius 1 is 1.80 bits per heavy atom. The lowest BCUT2D eigenvalue weighted by Gasteiger charge is -1.83. The van der Waals surface area contributed by atoms with Crippen LogP contribution in [0.25, 0.3) is 0 Å². The summed E-state index contributed by atoms with van der Waals surface area (Å²) in [5.74, 6) is 1.34. The molecular formula is C7H10N2O. The molecule has 1 aliphatic rings. The highest BCUT2D eigenvalue weighted by Crippen LogP contribution is 2.38. The van der Waals surface area contributed by atoms with E-state index in [1.807, 2.05) is 13.0 Å². The van der Waals surface area contributed by atoms with Gasteiger partial charge in [0.25, 0.3) is 0 Å². The maximum Gasteiger partial charge on any atom is 0.133 e. The molecule has 3 nitrogen and oxygen atoms in total. The van der Waals surface area contributed by atoms with E-state index >= 15 is 0 Å². The Balaban J connectivity index is 2.20. The minimum atomic E-state index is 0.324. The number of rotatable bonds is 1. The van der Waals surface area contributed by atoms with Crippen LogP contribution in [0.4, 0.5) is 0 Å². The Labute approximate surface area is 59.2 Å². The molecule has 2 atom stereocenters. The Morgan fingerprint density at radius 2 is 2.50 bits per heavy atom. The van der Waals surface area contributed by atoms with E-state index in [1.54, 1.807) is 0 Å². The van der Waals surface area contributed by atoms with Gasteiger partial charge in [-0.05, 0) is 13.3 Å². The molecule has 3 heteroatoms. The standard InChI is InChI=1S/C7H10N2O/c1-4-2-7(9-10-4)5-3-6(5)8/h2,5-6H,3,8H2,1H3. The van der Waals surface area contributed by atoms with E-state index in [4.69, 9.17) is 10.3 Å². The summed E-state index contributed by atoms with van der Waals surface area (Å²) in [6, 6.07) is 2.28. The third-order valence-corrected chi connectivity index (χ3v) is 1.87. The van der Waals surface area contributed by atoms with Crippen molar-refractivity contribution in [3.05, 3.63) is 17.5 Å². The van der Waals surface area contributed by atoms with Gasteiger partial charge < -0.3 is 10.3 Å². The second kappa shape index (κ2) is 1.83. The number of nitrogens with two attached hydrogens (primary N) is 1. The third-order valence-electron chi connectivity index (χ3n) is 1.87. The Hall–Kier alpha value is -0.830. The van der Waals surface area contributed by atoms with Crippen molar-refractivity contribution in [2.24, 2.45) is 5.73 Å². The van der Waals surface area contributed by atoms with E-state index in [1.165, 1.54) is 0 Å². The predicted molar refractivity (Wildman–Crippen MR) is 36.6 cm³/mol. The van der Waals surface area contributed by atoms with Gasteiger partial charge in [0.15, 0.2) is 0 Å². The lowest BCUT2D eigenvalue weighted by atomic mass is 10.3. The summed E-state index contributed by atoms with van der Waals surface area (Å²) in [6.45, 7) is 1.89. The van der Waals surface area contributed by atoms with E-state index in [9.17, 15) is 0 Å². The zero-order chi connectivity index (χ0) is 7.14. The van der Waals surface area contributed by atoms with Gasteiger partial charge in [0.1, 0.15) is 5.76 Å². The van der Waals surface area contributed by atoms with Crippen LogP contribution >= 0.6 is 0 Å². The zero-order valence-corrected chi connectivity index (χ0v) is 5.87. The van der Waals surface area contributed by atoms with Gasteiger partial charge in [0.05, 0.1) is 5.69 Å². The number of nitrogens with zero attached hydrogens (tertiary/aromatic N) is 1. The highest BCUT2D eigenvalue weighted by molar-refractivity contribution is 5.19. The molecule has 1 aromatic rings. The molecule has 1 fully saturated rings. The van der Waals surface area contributed by atoms with Crippen molar-refractivity contribution in [1.29, 1.82) is 0 Å². The molecule has 1 saturated carbocycles. The van der Waals surface area contributed by atoms with Crippen molar-refractivity contribution in [3.8, 4) is 0 Å². The van der Waals surface area contributed by atoms with Crippen molar-refractivity contribution in [2.45, 2.75) is 25.3 Å². The first-order valence-electron chi connectivity index (χ1n) is 3.46. The first-order chi connectivity index (χ1) is 4.77. The molecule has 0 spiro atoms. The van der Waals surface area contributed by atoms with E-state index in [-0.39, 0.29) is 0 Å². The van der Waals surface area contributed by atoms with E-state index < -0.39 is 0 Å². The predicted octanol–water partition coefficient (Wildman–Crippen LogP) is 0.798. The second-order valence-corrected chi connectivity index (χ2v) is 2.87. The lowest BCUT2D eigenvalue weighted by molar-refractivity contribution is 0.390. The molecule has 1 aliphatic carbocycles. The average molecular weight is 138 g/mol. The van der Waals surface area contributed by atoms with E-state index in [2.05, 4.69) is 5.16 Å². The van der Waals surface area contributed by atoms with Crippen molar-refractivity contribution in [1.82, 2.24) is 5.16 Å². The number of hydrogen-bond acceptors (Lipinski definition) is 3. The van der Waals surface area contributed by atoms with Gasteiger partial charge in [-0.25, -0.2) is 0 Å². The molecule has 54 valence electrons. The summed E-state index contributed by atoms with van der Waals surface area (Å²) in [7, 11) is 0. The number of aryl methyl sites for hydroxylation is 1. The molecule has 0 radical (unpaired) electrons. The van der Waals surface area contributed by atoms with Crippen molar-refractivity contribution in [3.63, 3.8) is 0 Å². The largest absolute Gasteiger partial charge is 0.361 e. The first-order valence-corrected chi connectivity index (χ1v) is 3.46. The zero-order valence-electron chi connectivity index (χ0n) is 5.87. The molecule has 2 rings (SSSR count). The Bertz CT molecular complexity index is 244. The second-order valence-electron chi connectivity index (χ2n) is 2.87. The molecular weight excluding hydrogens is 128 g/mol. The molecule has 1 heterocycles. The molecule has 10 heavy (non-hydrogen) atoms. The van der Waals surface area contributed by atoms with Crippen LogP contribution in [-0.4, -0.2) is 11.2 Å². The summed E-state index contributed by atoms with van der Waals surface area (Å²) in [5, 5.41) is 3.87. The van der Waals surface area contributed by atoms with Crippen LogP contribution in [0.1, 0.15) is 23.8 Å². The fraction of sp³-hybridized carbons (Fsp3) is 0.571. The van der Waals surface area contributed by atoms with Crippen molar-refractivity contribution >= 4 is 0 Å². The van der Waals surface area contributed by atoms with Gasteiger partial charge in [-0.15, -0.1) is 0 Å². The van der Waals surface area contributed by atoms with Crippen molar-refractivity contribution in [2.75, 3.05) is 0 Å². The lowest BCUT2D eigenvalue weighted by Crippen LogP contribution is -2.00. The molecule has 0 amide bonds. The van der Waals surface area contributed by atoms with Crippen LogP contribution in [0.2, 0.25) is 0 Å². The fourth-order valence-corrected chi connectivity index (χ4v) is 1.12. The molecule has 0 bridgehead atoms. The average Bonchev–Trinajstić information content (AvgIpc) is 2.42. The van der Waals surface area contributed by atoms with Crippen LogP contribution in [0.3, 0.4) is 0 Å². The normalized spacial score (nSPS) is 30.6. The Morgan fingerprint density at radius 3 is 2.90 bits per heavy atom. The topological polar surface area (TPSA) is 52.0 Å². The smallest absolute Gasteiger partial charge is 0.133 e. The summed E-state index contributed by atoms with van der Waals surface area (Å²) < 4.78 is 4.91. The van der Waals surface area contributed by atoms with Gasteiger partial charge in [0, 0.05) is 18.0 Å². The highest BCUT2D eigenvalue weighted by Gasteiger charge is 2.37. The van der Waals surface area contributed by atoms with Crippen LogP contribution in [0.5, 0.6) is 0 Å². The van der Waals surface area contributed by atoms with Gasteiger partial charge in [-0.2, -0.15) is 0 Å². The maximum absolute atomic E-state index is 5.63. The van der Waals surface area contributed by atoms with Crippen LogP contribution in [-0.2, 0) is 0 Å². The maximum atomic E-state index is 5.63. The summed E-state index contributed by atoms with van der Waals surface area (Å²) in [5.41, 5.74) is 6.64. The molecule has 2 N–H and O–H groups in total. The van der Waals surface area contributed by atoms with Gasteiger partial charge >= 0.3 is 0 Å². The third kappa shape index (κ3) is 0.827. The highest BCUT2D eigenvalue weighted by atomic mass is 16.5. The van der Waals surface area contributed by atoms with Gasteiger partial charge in [-0.1, -0.05) is 5.16 Å². The van der Waals surface area contributed by atoms with E-state index in [0.29, 0.717) is 12.0 Å². The van der Waals surface area contributed by atoms with Crippen LogP contribution < -0.4 is 5.73 Å². The number of hydrogen-bond donors (Lipinski definition) is 1. The summed E-state index contributed by atoms with van der Waals surface area (Å²) >= 11 is 0. The monoisotopic (exact) mass is 138 g/mol. The summed E-state index contributed by atoms with van der Waals surface area (Å²) in [6.07, 6.45) is 1.06. The first kappa shape index (κ1) is 5.92. The van der Waals surface area contributed by atoms with E-state index in [0.717, 1.165) is 17.9 Å². The molecule has 2 unspecified atom stereocenters. The Kier molecular flexibility index (Phi) is 1.08. The quantitative estimate of drug-likeness (QED) is 0.624. The van der Waals surface area contributed by atoms with Gasteiger partial charge in [-0.3, -0.25) is 0 Å².